The third-order valence-electron chi connectivity index (χ3n) is 3.83. The lowest BCUT2D eigenvalue weighted by molar-refractivity contribution is 0.303. The lowest BCUT2D eigenvalue weighted by Gasteiger charge is -2.28. The van der Waals surface area contributed by atoms with Gasteiger partial charge in [-0.3, -0.25) is 0 Å². The zero-order chi connectivity index (χ0) is 14.0. The van der Waals surface area contributed by atoms with Gasteiger partial charge in [-0.25, -0.2) is 13.1 Å². The highest BCUT2D eigenvalue weighted by Crippen LogP contribution is 2.31. The molecule has 1 atom stereocenters. The maximum atomic E-state index is 12.4. The maximum Gasteiger partial charge on any atom is 0.241 e. The SMILES string of the molecule is Cc1sc(Br)cc1S(=O)(=O)NC(C)C1CCCCC1. The van der Waals surface area contributed by atoms with Crippen LogP contribution in [0.15, 0.2) is 14.7 Å². The Balaban J connectivity index is 2.10. The molecule has 0 radical (unpaired) electrons. The molecule has 1 heterocycles. The van der Waals surface area contributed by atoms with Gasteiger partial charge in [-0.2, -0.15) is 0 Å². The lowest BCUT2D eigenvalue weighted by Crippen LogP contribution is -2.38. The van der Waals surface area contributed by atoms with E-state index >= 15 is 0 Å². The molecular weight excluding hydrogens is 346 g/mol. The van der Waals surface area contributed by atoms with Gasteiger partial charge in [0, 0.05) is 10.9 Å². The molecule has 1 aliphatic carbocycles. The molecule has 0 aliphatic heterocycles. The first kappa shape index (κ1) is 15.5. The van der Waals surface area contributed by atoms with Crippen molar-refractivity contribution in [2.24, 2.45) is 5.92 Å². The van der Waals surface area contributed by atoms with Crippen LogP contribution in [0.25, 0.3) is 0 Å². The third-order valence-corrected chi connectivity index (χ3v) is 7.20. The van der Waals surface area contributed by atoms with E-state index in [1.165, 1.54) is 30.6 Å². The Morgan fingerprint density at radius 1 is 1.37 bits per heavy atom. The number of halogens is 1. The van der Waals surface area contributed by atoms with E-state index < -0.39 is 10.0 Å². The molecule has 6 heteroatoms. The Labute approximate surface area is 128 Å². The van der Waals surface area contributed by atoms with Gasteiger partial charge in [-0.1, -0.05) is 19.3 Å². The van der Waals surface area contributed by atoms with Crippen molar-refractivity contribution >= 4 is 37.3 Å². The first-order valence-corrected chi connectivity index (χ1v) is 9.77. The van der Waals surface area contributed by atoms with Gasteiger partial charge in [0.05, 0.1) is 8.68 Å². The molecule has 19 heavy (non-hydrogen) atoms. The van der Waals surface area contributed by atoms with Gasteiger partial charge < -0.3 is 0 Å². The summed E-state index contributed by atoms with van der Waals surface area (Å²) in [4.78, 5) is 1.24. The van der Waals surface area contributed by atoms with Crippen LogP contribution < -0.4 is 4.72 Å². The lowest BCUT2D eigenvalue weighted by atomic mass is 9.85. The van der Waals surface area contributed by atoms with Gasteiger partial charge >= 0.3 is 0 Å². The molecule has 1 aromatic heterocycles. The smallest absolute Gasteiger partial charge is 0.208 e. The van der Waals surface area contributed by atoms with Crippen molar-refractivity contribution in [2.75, 3.05) is 0 Å². The molecule has 1 N–H and O–H groups in total. The van der Waals surface area contributed by atoms with E-state index in [2.05, 4.69) is 20.7 Å². The van der Waals surface area contributed by atoms with Crippen LogP contribution in [-0.4, -0.2) is 14.5 Å². The van der Waals surface area contributed by atoms with E-state index in [0.717, 1.165) is 21.5 Å². The van der Waals surface area contributed by atoms with Gasteiger partial charge in [-0.05, 0) is 54.6 Å². The monoisotopic (exact) mass is 365 g/mol. The Kier molecular flexibility index (Phi) is 5.09. The summed E-state index contributed by atoms with van der Waals surface area (Å²) in [5.74, 6) is 0.478. The Morgan fingerprint density at radius 2 is 2.00 bits per heavy atom. The molecule has 1 aromatic rings. The summed E-state index contributed by atoms with van der Waals surface area (Å²) < 4.78 is 28.5. The minimum Gasteiger partial charge on any atom is -0.208 e. The highest BCUT2D eigenvalue weighted by Gasteiger charge is 2.26. The molecule has 1 aliphatic rings. The van der Waals surface area contributed by atoms with Crippen molar-refractivity contribution in [3.05, 3.63) is 14.7 Å². The van der Waals surface area contributed by atoms with Crippen LogP contribution in [0.1, 0.15) is 43.9 Å². The summed E-state index contributed by atoms with van der Waals surface area (Å²) in [5, 5.41) is 0. The number of nitrogens with one attached hydrogen (secondary N) is 1. The average Bonchev–Trinajstić information content (AvgIpc) is 2.70. The van der Waals surface area contributed by atoms with E-state index in [4.69, 9.17) is 0 Å². The van der Waals surface area contributed by atoms with Crippen molar-refractivity contribution in [2.45, 2.75) is 56.9 Å². The van der Waals surface area contributed by atoms with Crippen molar-refractivity contribution in [3.8, 4) is 0 Å². The van der Waals surface area contributed by atoms with Crippen LogP contribution in [0.5, 0.6) is 0 Å². The summed E-state index contributed by atoms with van der Waals surface area (Å²) in [6.45, 7) is 3.83. The van der Waals surface area contributed by atoms with E-state index in [0.29, 0.717) is 10.8 Å². The normalized spacial score (nSPS) is 19.5. The van der Waals surface area contributed by atoms with Crippen molar-refractivity contribution < 1.29 is 8.42 Å². The summed E-state index contributed by atoms with van der Waals surface area (Å²) in [6.07, 6.45) is 6.00. The molecule has 3 nitrogen and oxygen atoms in total. The zero-order valence-electron chi connectivity index (χ0n) is 11.3. The predicted octanol–water partition coefficient (Wildman–Crippen LogP) is 4.07. The Morgan fingerprint density at radius 3 is 2.53 bits per heavy atom. The predicted molar refractivity (Wildman–Crippen MR) is 83.1 cm³/mol. The summed E-state index contributed by atoms with van der Waals surface area (Å²) >= 11 is 4.80. The third kappa shape index (κ3) is 3.80. The standard InChI is InChI=1S/C13H20BrNO2S2/c1-9(11-6-4-3-5-7-11)15-19(16,17)12-8-13(14)18-10(12)2/h8-9,11,15H,3-7H2,1-2H3. The second-order valence-electron chi connectivity index (χ2n) is 5.28. The maximum absolute atomic E-state index is 12.4. The zero-order valence-corrected chi connectivity index (χ0v) is 14.5. The summed E-state index contributed by atoms with van der Waals surface area (Å²) in [7, 11) is -3.39. The second kappa shape index (κ2) is 6.24. The van der Waals surface area contributed by atoms with Crippen molar-refractivity contribution in [1.82, 2.24) is 4.72 Å². The molecule has 1 fully saturated rings. The number of thiophene rings is 1. The summed E-state index contributed by atoms with van der Waals surface area (Å²) in [5.41, 5.74) is 0. The fraction of sp³-hybridized carbons (Fsp3) is 0.692. The van der Waals surface area contributed by atoms with Crippen molar-refractivity contribution in [1.29, 1.82) is 0 Å². The highest BCUT2D eigenvalue weighted by molar-refractivity contribution is 9.11. The number of aryl methyl sites for hydroxylation is 1. The highest BCUT2D eigenvalue weighted by atomic mass is 79.9. The first-order chi connectivity index (χ1) is 8.90. The van der Waals surface area contributed by atoms with Crippen molar-refractivity contribution in [3.63, 3.8) is 0 Å². The molecule has 108 valence electrons. The topological polar surface area (TPSA) is 46.2 Å². The van der Waals surface area contributed by atoms with Crippen LogP contribution in [0, 0.1) is 12.8 Å². The Hall–Kier alpha value is 0.0900. The van der Waals surface area contributed by atoms with Gasteiger partial charge in [0.2, 0.25) is 10.0 Å². The van der Waals surface area contributed by atoms with Gasteiger partial charge in [-0.15, -0.1) is 11.3 Å². The Bertz CT molecular complexity index is 533. The quantitative estimate of drug-likeness (QED) is 0.873. The number of hydrogen-bond acceptors (Lipinski definition) is 3. The van der Waals surface area contributed by atoms with Gasteiger partial charge in [0.1, 0.15) is 0 Å². The minimum atomic E-state index is -3.39. The van der Waals surface area contributed by atoms with Crippen LogP contribution in [0.2, 0.25) is 0 Å². The molecule has 1 saturated carbocycles. The van der Waals surface area contributed by atoms with Crippen LogP contribution in [0.4, 0.5) is 0 Å². The van der Waals surface area contributed by atoms with E-state index in [-0.39, 0.29) is 6.04 Å². The molecule has 2 rings (SSSR count). The number of rotatable bonds is 4. The summed E-state index contributed by atoms with van der Waals surface area (Å²) in [6, 6.07) is 1.71. The van der Waals surface area contributed by atoms with Gasteiger partial charge in [0.15, 0.2) is 0 Å². The van der Waals surface area contributed by atoms with E-state index in [1.54, 1.807) is 6.07 Å². The van der Waals surface area contributed by atoms with E-state index in [9.17, 15) is 8.42 Å². The average molecular weight is 366 g/mol. The van der Waals surface area contributed by atoms with Gasteiger partial charge in [0.25, 0.3) is 0 Å². The molecule has 0 saturated heterocycles. The van der Waals surface area contributed by atoms with Crippen LogP contribution >= 0.6 is 27.3 Å². The fourth-order valence-electron chi connectivity index (χ4n) is 2.74. The van der Waals surface area contributed by atoms with Crippen LogP contribution in [-0.2, 0) is 10.0 Å². The second-order valence-corrected chi connectivity index (χ2v) is 9.60. The minimum absolute atomic E-state index is 0.0170. The molecule has 1 unspecified atom stereocenters. The molecule has 0 aromatic carbocycles. The largest absolute Gasteiger partial charge is 0.241 e. The van der Waals surface area contributed by atoms with Crippen LogP contribution in [0.3, 0.4) is 0 Å². The fourth-order valence-corrected chi connectivity index (χ4v) is 6.46. The first-order valence-electron chi connectivity index (χ1n) is 6.68. The number of sulfonamides is 1. The molecule has 0 bridgehead atoms. The number of hydrogen-bond donors (Lipinski definition) is 1. The molecule has 0 amide bonds. The molecule has 0 spiro atoms. The molecular formula is C13H20BrNO2S2. The van der Waals surface area contributed by atoms with E-state index in [1.807, 2.05) is 13.8 Å².